The number of nitrogens with zero attached hydrogens (tertiary/aromatic N) is 3. The lowest BCUT2D eigenvalue weighted by Crippen LogP contribution is -2.33. The van der Waals surface area contributed by atoms with E-state index in [1.807, 2.05) is 12.4 Å². The van der Waals surface area contributed by atoms with Gasteiger partial charge in [0.1, 0.15) is 0 Å². The minimum Gasteiger partial charge on any atom is -0.354 e. The average molecular weight is 326 g/mol. The van der Waals surface area contributed by atoms with Crippen molar-refractivity contribution in [1.29, 1.82) is 0 Å². The van der Waals surface area contributed by atoms with Gasteiger partial charge in [-0.3, -0.25) is 9.78 Å². The third-order valence-electron chi connectivity index (χ3n) is 5.61. The molecule has 1 amide bonds. The molecule has 0 saturated heterocycles. The van der Waals surface area contributed by atoms with Crippen LogP contribution in [0.15, 0.2) is 18.5 Å². The molecule has 0 bridgehead atoms. The van der Waals surface area contributed by atoms with Crippen molar-refractivity contribution in [2.45, 2.75) is 45.2 Å². The van der Waals surface area contributed by atoms with Gasteiger partial charge in [-0.2, -0.15) is 0 Å². The minimum absolute atomic E-state index is 0.248. The number of nitrogens with one attached hydrogen (secondary N) is 1. The number of hydrogen-bond donors (Lipinski definition) is 1. The van der Waals surface area contributed by atoms with Crippen molar-refractivity contribution in [2.24, 2.45) is 5.92 Å². The molecule has 24 heavy (non-hydrogen) atoms. The van der Waals surface area contributed by atoms with Gasteiger partial charge < -0.3 is 14.8 Å². The van der Waals surface area contributed by atoms with Gasteiger partial charge in [0.05, 0.1) is 5.52 Å². The Morgan fingerprint density at radius 3 is 3.04 bits per heavy atom. The Labute approximate surface area is 143 Å². The molecule has 1 aliphatic heterocycles. The number of rotatable bonds is 4. The molecule has 2 aromatic rings. The fraction of sp³-hybridized carbons (Fsp3) is 0.579. The molecule has 0 spiro atoms. The van der Waals surface area contributed by atoms with E-state index in [0.29, 0.717) is 6.54 Å². The van der Waals surface area contributed by atoms with E-state index in [1.165, 1.54) is 35.0 Å². The zero-order chi connectivity index (χ0) is 16.5. The van der Waals surface area contributed by atoms with Crippen molar-refractivity contribution in [3.05, 3.63) is 29.7 Å². The van der Waals surface area contributed by atoms with Crippen LogP contribution in [0.1, 0.15) is 36.9 Å². The monoisotopic (exact) mass is 326 g/mol. The van der Waals surface area contributed by atoms with Crippen molar-refractivity contribution < 1.29 is 4.79 Å². The first kappa shape index (κ1) is 15.6. The van der Waals surface area contributed by atoms with E-state index >= 15 is 0 Å². The number of aromatic nitrogens is 2. The molecule has 5 heteroatoms. The van der Waals surface area contributed by atoms with Crippen LogP contribution in [0.5, 0.6) is 0 Å². The molecule has 5 nitrogen and oxygen atoms in total. The molecule has 0 aromatic carbocycles. The highest BCUT2D eigenvalue weighted by Gasteiger charge is 2.24. The van der Waals surface area contributed by atoms with Gasteiger partial charge in [0.15, 0.2) is 0 Å². The van der Waals surface area contributed by atoms with E-state index in [1.54, 1.807) is 0 Å². The average Bonchev–Trinajstić information content (AvgIpc) is 3.22. The van der Waals surface area contributed by atoms with Gasteiger partial charge in [0.25, 0.3) is 0 Å². The highest BCUT2D eigenvalue weighted by molar-refractivity contribution is 5.85. The van der Waals surface area contributed by atoms with Crippen LogP contribution in [0, 0.1) is 5.92 Å². The van der Waals surface area contributed by atoms with E-state index in [4.69, 9.17) is 0 Å². The van der Waals surface area contributed by atoms with E-state index in [0.717, 1.165) is 38.9 Å². The summed E-state index contributed by atoms with van der Waals surface area (Å²) in [5.41, 5.74) is 4.08. The second-order valence-corrected chi connectivity index (χ2v) is 7.23. The summed E-state index contributed by atoms with van der Waals surface area (Å²) in [6.07, 6.45) is 9.45. The lowest BCUT2D eigenvalue weighted by molar-refractivity contribution is -0.124. The molecule has 1 N–H and O–H groups in total. The molecule has 3 heterocycles. The first-order valence-corrected chi connectivity index (χ1v) is 9.14. The molecule has 4 rings (SSSR count). The fourth-order valence-corrected chi connectivity index (χ4v) is 4.31. The Bertz CT molecular complexity index is 745. The van der Waals surface area contributed by atoms with Crippen LogP contribution in [0.2, 0.25) is 0 Å². The standard InChI is InChI=1S/C19H26N4O/c1-22-10-7-18-16(13-22)15-12-20-8-6-17(15)23(18)11-9-21-19(24)14-4-2-3-5-14/h6,8,12,14H,2-5,7,9-11,13H2,1H3,(H,21,24). The normalized spacial score (nSPS) is 18.9. The molecule has 0 unspecified atom stereocenters. The molecule has 0 radical (unpaired) electrons. The summed E-state index contributed by atoms with van der Waals surface area (Å²) in [4.78, 5) is 18.9. The second kappa shape index (κ2) is 6.55. The number of amides is 1. The number of likely N-dealkylation sites (N-methyl/N-ethyl adjacent to an activating group) is 1. The van der Waals surface area contributed by atoms with Gasteiger partial charge in [-0.1, -0.05) is 12.8 Å². The van der Waals surface area contributed by atoms with Crippen LogP contribution >= 0.6 is 0 Å². The molecular formula is C19H26N4O. The fourth-order valence-electron chi connectivity index (χ4n) is 4.31. The first-order valence-electron chi connectivity index (χ1n) is 9.14. The summed E-state index contributed by atoms with van der Waals surface area (Å²) in [5, 5.41) is 4.42. The number of pyridine rings is 1. The Kier molecular flexibility index (Phi) is 4.27. The third kappa shape index (κ3) is 2.81. The summed E-state index contributed by atoms with van der Waals surface area (Å²) in [7, 11) is 2.17. The number of hydrogen-bond acceptors (Lipinski definition) is 3. The topological polar surface area (TPSA) is 50.2 Å². The van der Waals surface area contributed by atoms with E-state index < -0.39 is 0 Å². The molecule has 0 atom stereocenters. The molecule has 2 aliphatic rings. The quantitative estimate of drug-likeness (QED) is 0.938. The largest absolute Gasteiger partial charge is 0.354 e. The molecule has 128 valence electrons. The molecule has 2 aromatic heterocycles. The van der Waals surface area contributed by atoms with Crippen LogP contribution in [-0.2, 0) is 24.3 Å². The van der Waals surface area contributed by atoms with Crippen LogP contribution in [0.4, 0.5) is 0 Å². The zero-order valence-electron chi connectivity index (χ0n) is 14.4. The van der Waals surface area contributed by atoms with Gasteiger partial charge in [0.2, 0.25) is 5.91 Å². The van der Waals surface area contributed by atoms with E-state index in [9.17, 15) is 4.79 Å². The number of carbonyl (C=O) groups is 1. The Hall–Kier alpha value is -1.88. The maximum Gasteiger partial charge on any atom is 0.223 e. The highest BCUT2D eigenvalue weighted by atomic mass is 16.1. The Morgan fingerprint density at radius 2 is 2.21 bits per heavy atom. The van der Waals surface area contributed by atoms with Gasteiger partial charge in [-0.15, -0.1) is 0 Å². The maximum absolute atomic E-state index is 12.2. The number of carbonyl (C=O) groups excluding carboxylic acids is 1. The lowest BCUT2D eigenvalue weighted by atomic mass is 10.1. The smallest absolute Gasteiger partial charge is 0.223 e. The van der Waals surface area contributed by atoms with Gasteiger partial charge in [-0.25, -0.2) is 0 Å². The van der Waals surface area contributed by atoms with Crippen LogP contribution in [-0.4, -0.2) is 40.5 Å². The summed E-state index contributed by atoms with van der Waals surface area (Å²) in [6.45, 7) is 3.63. The zero-order valence-corrected chi connectivity index (χ0v) is 14.4. The van der Waals surface area contributed by atoms with Gasteiger partial charge >= 0.3 is 0 Å². The SMILES string of the molecule is CN1CCc2c(c3cnccc3n2CCNC(=O)C2CCCC2)C1. The first-order chi connectivity index (χ1) is 11.7. The highest BCUT2D eigenvalue weighted by Crippen LogP contribution is 2.30. The summed E-state index contributed by atoms with van der Waals surface area (Å²) in [5.74, 6) is 0.498. The van der Waals surface area contributed by atoms with Crippen molar-refractivity contribution >= 4 is 16.8 Å². The predicted octanol–water partition coefficient (Wildman–Crippen LogP) is 2.33. The molecule has 1 fully saturated rings. The summed E-state index contributed by atoms with van der Waals surface area (Å²) >= 11 is 0. The maximum atomic E-state index is 12.2. The third-order valence-corrected chi connectivity index (χ3v) is 5.61. The van der Waals surface area contributed by atoms with Gasteiger partial charge in [-0.05, 0) is 31.5 Å². The van der Waals surface area contributed by atoms with Crippen molar-refractivity contribution in [2.75, 3.05) is 20.1 Å². The van der Waals surface area contributed by atoms with Crippen molar-refractivity contribution in [3.63, 3.8) is 0 Å². The van der Waals surface area contributed by atoms with Crippen LogP contribution in [0.25, 0.3) is 10.9 Å². The van der Waals surface area contributed by atoms with Crippen molar-refractivity contribution in [1.82, 2.24) is 19.8 Å². The van der Waals surface area contributed by atoms with Gasteiger partial charge in [0, 0.05) is 62.0 Å². The Morgan fingerprint density at radius 1 is 1.38 bits per heavy atom. The molecular weight excluding hydrogens is 300 g/mol. The van der Waals surface area contributed by atoms with Crippen LogP contribution < -0.4 is 5.32 Å². The molecule has 1 aliphatic carbocycles. The van der Waals surface area contributed by atoms with Crippen LogP contribution in [0.3, 0.4) is 0 Å². The van der Waals surface area contributed by atoms with E-state index in [2.05, 4.69) is 32.9 Å². The minimum atomic E-state index is 0.248. The Balaban J connectivity index is 1.52. The second-order valence-electron chi connectivity index (χ2n) is 7.23. The summed E-state index contributed by atoms with van der Waals surface area (Å²) in [6, 6.07) is 2.10. The summed E-state index contributed by atoms with van der Waals surface area (Å²) < 4.78 is 2.40. The van der Waals surface area contributed by atoms with Crippen molar-refractivity contribution in [3.8, 4) is 0 Å². The molecule has 1 saturated carbocycles. The number of fused-ring (bicyclic) bond motifs is 3. The predicted molar refractivity (Wildman–Crippen MR) is 94.7 cm³/mol. The lowest BCUT2D eigenvalue weighted by Gasteiger charge is -2.24. The van der Waals surface area contributed by atoms with E-state index in [-0.39, 0.29) is 11.8 Å².